The van der Waals surface area contributed by atoms with Crippen molar-refractivity contribution in [2.45, 2.75) is 216 Å². The van der Waals surface area contributed by atoms with E-state index in [1.807, 2.05) is 62.4 Å². The van der Waals surface area contributed by atoms with E-state index in [0.717, 1.165) is 55.8 Å². The third-order valence-corrected chi connectivity index (χ3v) is 23.0. The summed E-state index contributed by atoms with van der Waals surface area (Å²) in [5.74, 6) is 3.60. The monoisotopic (exact) mass is 1540 g/mol. The summed E-state index contributed by atoms with van der Waals surface area (Å²) in [6, 6.07) is 29.4. The lowest BCUT2D eigenvalue weighted by atomic mass is 9.83. The first-order valence-electron chi connectivity index (χ1n) is 36.6. The van der Waals surface area contributed by atoms with Crippen molar-refractivity contribution in [3.05, 3.63) is 132 Å². The third-order valence-electron chi connectivity index (χ3n) is 19.8. The van der Waals surface area contributed by atoms with Crippen molar-refractivity contribution in [2.24, 2.45) is 0 Å². The Bertz CT molecular complexity index is 4600. The van der Waals surface area contributed by atoms with Crippen LogP contribution in [0, 0.1) is 0 Å². The quantitative estimate of drug-likeness (QED) is 0.0166. The van der Waals surface area contributed by atoms with E-state index in [0.29, 0.717) is 84.6 Å². The van der Waals surface area contributed by atoms with Crippen LogP contribution in [0.4, 0.5) is 17.5 Å². The number of hydrogen-bond donors (Lipinski definition) is 12. The number of benzene rings is 3. The number of anilines is 3. The highest BCUT2D eigenvalue weighted by molar-refractivity contribution is 7.99. The van der Waals surface area contributed by atoms with Gasteiger partial charge in [-0.3, -0.25) is 0 Å². The topological polar surface area (TPSA) is 442 Å². The van der Waals surface area contributed by atoms with Crippen molar-refractivity contribution in [3.63, 3.8) is 0 Å². The molecule has 0 bridgehead atoms. The standard InChI is InChI=1S/C25H30N6O3S.C24H32N6O6S.C24H28N6O5S/c1-4-12-35-24-27-22(26-16-13-15(16)14-8-6-5-7-9-14)19-23(28-24)31(30-29-19)17-10-11-18(32)21-20(17)33-25(2,3)34-21;1-2-10-37-24-26-22(25-14-11-13(14)12-6-4-3-5-7-12)15-23(27-24)30(29-28-15)16-17(32)19(34)21(36-9-8-31)20(35)18(16)33;1-2-10-36-24-26-22(25-15-11-14(15)13-6-4-3-5-7-13)19-23(27-24)30(29-28-19)16-8-9-17(21(34)20(16)33)35-12-18(31)32/h5-11,15-18,20-21,32H,4,12-13H2,1-3H3,(H,26,27,28);3-7,13-14,16-21,31-35H,2,8-11H2,1H3,(H,25,26,27);3-9,14-17,20-21,33-34H,2,10-12H2,1H3,(H,31,32)(H,25,26,27)/t15-,16+,17+,18-,20-,21+;13-,14+,16?,17-,18+,19-,20+,21?;14-,15+,16+,17-,20-,21+/m000/s1. The molecule has 7 heterocycles. The number of hydrogen-bond acceptors (Lipinski definition) is 31. The average molecular weight is 1540 g/mol. The molecule has 20 atom stereocenters. The zero-order valence-electron chi connectivity index (χ0n) is 60.0. The molecular formula is C73H90N18O14S3. The Labute approximate surface area is 634 Å². The summed E-state index contributed by atoms with van der Waals surface area (Å²) in [5.41, 5.74) is 6.68. The van der Waals surface area contributed by atoms with Crippen LogP contribution in [0.2, 0.25) is 0 Å². The highest BCUT2D eigenvalue weighted by Gasteiger charge is 2.53. The molecule has 0 amide bonds. The second kappa shape index (κ2) is 33.7. The molecule has 108 heavy (non-hydrogen) atoms. The van der Waals surface area contributed by atoms with E-state index in [2.05, 4.69) is 131 Å². The lowest BCUT2D eigenvalue weighted by Crippen LogP contribution is -2.62. The van der Waals surface area contributed by atoms with Crippen LogP contribution in [0.1, 0.15) is 126 Å². The van der Waals surface area contributed by atoms with Crippen molar-refractivity contribution in [1.29, 1.82) is 0 Å². The van der Waals surface area contributed by atoms with Crippen LogP contribution >= 0.6 is 35.3 Å². The molecule has 5 fully saturated rings. The number of thioether (sulfide) groups is 3. The smallest absolute Gasteiger partial charge is 0.329 e. The molecule has 1 aliphatic heterocycles. The first-order chi connectivity index (χ1) is 52.3. The number of fused-ring (bicyclic) bond motifs is 4. The minimum atomic E-state index is -1.55. The molecule has 0 radical (unpaired) electrons. The number of carbonyl (C=O) groups is 1. The number of aliphatic carboxylic acids is 1. The fourth-order valence-electron chi connectivity index (χ4n) is 14.2. The average Bonchev–Trinajstić information content (AvgIpc) is 1.63. The van der Waals surface area contributed by atoms with Crippen LogP contribution in [0.15, 0.2) is 131 Å². The maximum Gasteiger partial charge on any atom is 0.329 e. The van der Waals surface area contributed by atoms with Gasteiger partial charge in [0.15, 0.2) is 72.2 Å². The summed E-state index contributed by atoms with van der Waals surface area (Å²) in [6.45, 7) is 8.91. The number of ether oxygens (including phenoxy) is 4. The SMILES string of the molecule is CCCSc1nc(N[C@@H]2C[C@H]2c2ccccc2)c2nnn(C3[C@@H](O)[C@@H](O)C(OCCO)[C@@H](O)[C@H]3O)c2n1.CCCSc1nc(N[C@@H]2C[C@H]2c2ccccc2)c2nnn([C@@H]3C=C[C@H](O)[C@H]4OC(C)(C)O[C@H]43)c2n1.CCCSc1nc(N[C@@H]2C[C@H]2c2ccccc2)c2nnn([C@@H]3C=C[C@H](OCC(=O)O)[C@@H](O)[C@H]3O)c2n1. The summed E-state index contributed by atoms with van der Waals surface area (Å²) >= 11 is 4.62. The molecule has 12 N–H and O–H groups in total. The Kier molecular flexibility index (Phi) is 24.0. The van der Waals surface area contributed by atoms with Crippen molar-refractivity contribution in [1.82, 2.24) is 74.9 Å². The molecular weight excluding hydrogens is 1450 g/mol. The molecule has 6 aromatic heterocycles. The van der Waals surface area contributed by atoms with Gasteiger partial charge in [0.25, 0.3) is 0 Å². The molecule has 7 aliphatic rings. The Morgan fingerprint density at radius 1 is 0.509 bits per heavy atom. The highest BCUT2D eigenvalue weighted by Crippen LogP contribution is 2.47. The van der Waals surface area contributed by atoms with Gasteiger partial charge in [-0.1, -0.05) is 187 Å². The molecule has 4 saturated carbocycles. The van der Waals surface area contributed by atoms with Crippen LogP contribution in [0.3, 0.4) is 0 Å². The minimum Gasteiger partial charge on any atom is -0.480 e. The van der Waals surface area contributed by atoms with E-state index in [-0.39, 0.29) is 37.0 Å². The Hall–Kier alpha value is -7.98. The van der Waals surface area contributed by atoms with Crippen LogP contribution < -0.4 is 16.0 Å². The van der Waals surface area contributed by atoms with Crippen LogP contribution in [0.5, 0.6) is 0 Å². The Balaban J connectivity index is 0.000000136. The van der Waals surface area contributed by atoms with E-state index < -0.39 is 97.6 Å². The van der Waals surface area contributed by atoms with Gasteiger partial charge in [0.1, 0.15) is 91.9 Å². The van der Waals surface area contributed by atoms with Crippen molar-refractivity contribution >= 4 is 92.2 Å². The molecule has 16 rings (SSSR count). The van der Waals surface area contributed by atoms with Gasteiger partial charge in [0, 0.05) is 53.1 Å². The van der Waals surface area contributed by atoms with Gasteiger partial charge >= 0.3 is 5.97 Å². The predicted octanol–water partition coefficient (Wildman–Crippen LogP) is 5.74. The Morgan fingerprint density at radius 3 is 1.34 bits per heavy atom. The van der Waals surface area contributed by atoms with Crippen LogP contribution in [0.25, 0.3) is 33.5 Å². The summed E-state index contributed by atoms with van der Waals surface area (Å²) < 4.78 is 27.1. The number of aliphatic hydroxyl groups excluding tert-OH is 8. The zero-order valence-corrected chi connectivity index (χ0v) is 62.5. The number of aromatic nitrogens is 15. The molecule has 0 spiro atoms. The number of nitrogens with one attached hydrogen (secondary N) is 3. The number of carboxylic acid groups (broad SMARTS) is 1. The van der Waals surface area contributed by atoms with Crippen LogP contribution in [-0.2, 0) is 23.7 Å². The Morgan fingerprint density at radius 2 is 0.917 bits per heavy atom. The van der Waals surface area contributed by atoms with Gasteiger partial charge in [-0.15, -0.1) is 15.3 Å². The summed E-state index contributed by atoms with van der Waals surface area (Å²) in [5, 5.41) is 131. The van der Waals surface area contributed by atoms with Crippen LogP contribution in [-0.4, -0.2) is 255 Å². The second-order valence-corrected chi connectivity index (χ2v) is 31.4. The largest absolute Gasteiger partial charge is 0.480 e. The second-order valence-electron chi connectivity index (χ2n) is 28.2. The predicted molar refractivity (Wildman–Crippen MR) is 401 cm³/mol. The van der Waals surface area contributed by atoms with Crippen molar-refractivity contribution < 1.29 is 69.7 Å². The van der Waals surface area contributed by atoms with Crippen molar-refractivity contribution in [2.75, 3.05) is 53.0 Å². The number of rotatable bonds is 27. The maximum atomic E-state index is 10.9. The molecule has 9 aromatic rings. The summed E-state index contributed by atoms with van der Waals surface area (Å²) in [4.78, 5) is 39.1. The lowest BCUT2D eigenvalue weighted by Gasteiger charge is -2.43. The molecule has 2 unspecified atom stereocenters. The highest BCUT2D eigenvalue weighted by atomic mass is 32.2. The fourth-order valence-corrected chi connectivity index (χ4v) is 16.3. The molecule has 32 nitrogen and oxygen atoms in total. The zero-order chi connectivity index (χ0) is 75.5. The fraction of sp³-hybridized carbons (Fsp3) is 0.521. The summed E-state index contributed by atoms with van der Waals surface area (Å²) in [6.07, 6.45) is -0.0000337. The lowest BCUT2D eigenvalue weighted by molar-refractivity contribution is -0.216. The maximum absolute atomic E-state index is 10.9. The van der Waals surface area contributed by atoms with E-state index in [4.69, 9.17) is 44.1 Å². The van der Waals surface area contributed by atoms with Gasteiger partial charge in [0.2, 0.25) is 0 Å². The van der Waals surface area contributed by atoms with E-state index in [9.17, 15) is 40.5 Å². The third kappa shape index (κ3) is 16.8. The van der Waals surface area contributed by atoms with E-state index in [1.165, 1.54) is 55.7 Å². The normalized spacial score (nSPS) is 29.9. The van der Waals surface area contributed by atoms with Crippen molar-refractivity contribution in [3.8, 4) is 0 Å². The number of nitrogens with zero attached hydrogens (tertiary/aromatic N) is 15. The van der Waals surface area contributed by atoms with Gasteiger partial charge in [-0.25, -0.2) is 48.7 Å². The van der Waals surface area contributed by atoms with E-state index >= 15 is 0 Å². The first-order valence-corrected chi connectivity index (χ1v) is 39.6. The van der Waals surface area contributed by atoms with Gasteiger partial charge in [-0.2, -0.15) is 0 Å². The molecule has 35 heteroatoms. The summed E-state index contributed by atoms with van der Waals surface area (Å²) in [7, 11) is 0. The first kappa shape index (κ1) is 76.8. The number of aliphatic hydroxyl groups is 8. The minimum absolute atomic E-state index is 0.161. The molecule has 6 aliphatic carbocycles. The molecule has 3 aromatic carbocycles. The van der Waals surface area contributed by atoms with E-state index in [1.54, 1.807) is 28.6 Å². The van der Waals surface area contributed by atoms with Gasteiger partial charge < -0.3 is 80.9 Å². The molecule has 574 valence electrons. The molecule has 1 saturated heterocycles. The number of carboxylic acids is 1. The van der Waals surface area contributed by atoms with Gasteiger partial charge in [0.05, 0.1) is 13.2 Å². The van der Waals surface area contributed by atoms with Gasteiger partial charge in [-0.05, 0) is 69.1 Å².